The molecular formula is C26H44O12S3. The van der Waals surface area contributed by atoms with Crippen molar-refractivity contribution < 1.29 is 51.5 Å². The van der Waals surface area contributed by atoms with Crippen LogP contribution in [0.15, 0.2) is 12.2 Å². The summed E-state index contributed by atoms with van der Waals surface area (Å²) in [7, 11) is -15.0. The highest BCUT2D eigenvalue weighted by Crippen LogP contribution is 2.69. The molecule has 0 radical (unpaired) electrons. The van der Waals surface area contributed by atoms with Crippen LogP contribution >= 0.6 is 0 Å². The summed E-state index contributed by atoms with van der Waals surface area (Å²) in [5.41, 5.74) is -0.849. The smallest absolute Gasteiger partial charge is 0.264 e. The van der Waals surface area contributed by atoms with Gasteiger partial charge in [0.05, 0.1) is 6.10 Å². The van der Waals surface area contributed by atoms with Crippen molar-refractivity contribution in [2.45, 2.75) is 97.9 Å². The van der Waals surface area contributed by atoms with Gasteiger partial charge < -0.3 is 0 Å². The molecule has 0 aromatic carbocycles. The Kier molecular flexibility index (Phi) is 9.22. The molecule has 0 amide bonds. The molecule has 0 bridgehead atoms. The second-order valence-corrected chi connectivity index (χ2v) is 16.7. The topological polar surface area (TPSA) is 191 Å². The first-order chi connectivity index (χ1) is 18.6. The van der Waals surface area contributed by atoms with Gasteiger partial charge in [-0.2, -0.15) is 25.3 Å². The van der Waals surface area contributed by atoms with Crippen LogP contribution in [0, 0.1) is 52.3 Å². The summed E-state index contributed by atoms with van der Waals surface area (Å²) in [5.74, 6) is 0.701. The highest BCUT2D eigenvalue weighted by atomic mass is 32.3. The van der Waals surface area contributed by atoms with Gasteiger partial charge in [0.25, 0.3) is 0 Å². The van der Waals surface area contributed by atoms with Crippen LogP contribution in [0.5, 0.6) is 0 Å². The van der Waals surface area contributed by atoms with Crippen molar-refractivity contribution >= 4 is 31.2 Å². The van der Waals surface area contributed by atoms with Crippen LogP contribution in [0.3, 0.4) is 0 Å². The second kappa shape index (κ2) is 11.4. The molecule has 0 spiro atoms. The fourth-order valence-electron chi connectivity index (χ4n) is 9.47. The lowest BCUT2D eigenvalue weighted by Crippen LogP contribution is -2.62. The van der Waals surface area contributed by atoms with E-state index in [1.165, 1.54) is 0 Å². The maximum atomic E-state index is 12.0. The van der Waals surface area contributed by atoms with Crippen LogP contribution < -0.4 is 0 Å². The fraction of sp³-hybridized carbons (Fsp3) is 0.923. The van der Waals surface area contributed by atoms with E-state index >= 15 is 0 Å². The Labute approximate surface area is 244 Å². The maximum Gasteiger partial charge on any atom is 0.397 e. The molecular weight excluding hydrogens is 600 g/mol. The lowest BCUT2D eigenvalue weighted by molar-refractivity contribution is -0.183. The Morgan fingerprint density at radius 1 is 0.683 bits per heavy atom. The summed E-state index contributed by atoms with van der Waals surface area (Å²) >= 11 is 0. The van der Waals surface area contributed by atoms with Crippen molar-refractivity contribution in [2.24, 2.45) is 52.3 Å². The van der Waals surface area contributed by atoms with E-state index in [1.807, 2.05) is 6.92 Å². The van der Waals surface area contributed by atoms with Crippen LogP contribution in [-0.2, 0) is 43.7 Å². The third kappa shape index (κ3) is 7.19. The summed E-state index contributed by atoms with van der Waals surface area (Å²) in [5, 5.41) is 0. The normalized spacial score (nSPS) is 42.6. The van der Waals surface area contributed by atoms with E-state index in [0.29, 0.717) is 24.2 Å². The monoisotopic (exact) mass is 644 g/mol. The van der Waals surface area contributed by atoms with Gasteiger partial charge in [0.2, 0.25) is 0 Å². The average molecular weight is 645 g/mol. The molecule has 12 nitrogen and oxygen atoms in total. The Morgan fingerprint density at radius 3 is 1.78 bits per heavy atom. The largest absolute Gasteiger partial charge is 0.397 e. The van der Waals surface area contributed by atoms with Gasteiger partial charge in [0.15, 0.2) is 0 Å². The number of hydrogen-bond acceptors (Lipinski definition) is 9. The minimum Gasteiger partial charge on any atom is -0.264 e. The van der Waals surface area contributed by atoms with Crippen LogP contribution in [0.2, 0.25) is 0 Å². The molecule has 4 fully saturated rings. The molecule has 15 heteroatoms. The molecule has 238 valence electrons. The van der Waals surface area contributed by atoms with Crippen LogP contribution in [-0.4, -0.2) is 57.2 Å². The first-order valence-corrected chi connectivity index (χ1v) is 18.4. The first-order valence-electron chi connectivity index (χ1n) is 14.3. The van der Waals surface area contributed by atoms with Gasteiger partial charge in [-0.05, 0) is 97.2 Å². The van der Waals surface area contributed by atoms with Gasteiger partial charge in [0, 0.05) is 0 Å². The zero-order chi connectivity index (χ0) is 30.8. The Hall–Kier alpha value is -0.650. The quantitative estimate of drug-likeness (QED) is 0.239. The molecule has 3 unspecified atom stereocenters. The lowest BCUT2D eigenvalue weighted by atomic mass is 9.43. The SMILES string of the molecule is CC(C)/C=C/[C@@H](C)[C@H]1CCC2C3C[C@H](OS(=O)(=O)O)[C@H]4C[C@H](OS(=O)(=O)O)[C@@H](OS(=O)(=O)O)C[C@]4(C)C3CC[C@@]21C. The summed E-state index contributed by atoms with van der Waals surface area (Å²) in [6, 6.07) is 0. The van der Waals surface area contributed by atoms with Gasteiger partial charge in [0.1, 0.15) is 12.2 Å². The van der Waals surface area contributed by atoms with Crippen LogP contribution in [0.4, 0.5) is 0 Å². The lowest BCUT2D eigenvalue weighted by Gasteiger charge is -2.63. The standard InChI is InChI=1S/C26H44O12S3/c1-15(2)6-7-16(3)18-8-9-19-17-12-22(36-39(27,28)29)21-13-23(37-40(30,31)32)24(38-41(33,34)35)14-26(21,5)20(17)10-11-25(18,19)4/h6-7,15-24H,8-14H2,1-5H3,(H,27,28,29)(H,30,31,32)(H,33,34,35)/b7-6+/t16-,17?,18-,19?,20?,21-,22+,23+,24+,25-,26-/m1/s1. The fourth-order valence-corrected chi connectivity index (χ4v) is 11.0. The third-order valence-electron chi connectivity index (χ3n) is 10.9. The van der Waals surface area contributed by atoms with E-state index in [9.17, 15) is 38.9 Å². The maximum absolute atomic E-state index is 12.0. The van der Waals surface area contributed by atoms with Gasteiger partial charge in [-0.3, -0.25) is 13.7 Å². The zero-order valence-corrected chi connectivity index (χ0v) is 26.6. The van der Waals surface area contributed by atoms with E-state index < -0.39 is 60.8 Å². The minimum atomic E-state index is -5.06. The van der Waals surface area contributed by atoms with Crippen molar-refractivity contribution in [3.05, 3.63) is 12.2 Å². The predicted molar refractivity (Wildman–Crippen MR) is 148 cm³/mol. The van der Waals surface area contributed by atoms with Gasteiger partial charge in [-0.1, -0.05) is 46.8 Å². The molecule has 3 N–H and O–H groups in total. The molecule has 0 aromatic heterocycles. The van der Waals surface area contributed by atoms with Gasteiger partial charge in [-0.25, -0.2) is 12.5 Å². The van der Waals surface area contributed by atoms with E-state index in [1.54, 1.807) is 0 Å². The van der Waals surface area contributed by atoms with Crippen molar-refractivity contribution in [3.63, 3.8) is 0 Å². The molecule has 0 saturated heterocycles. The third-order valence-corrected chi connectivity index (χ3v) is 12.3. The van der Waals surface area contributed by atoms with E-state index in [2.05, 4.69) is 39.8 Å². The minimum absolute atomic E-state index is 0.0153. The average Bonchev–Trinajstić information content (AvgIpc) is 3.13. The van der Waals surface area contributed by atoms with Gasteiger partial charge >= 0.3 is 31.2 Å². The summed E-state index contributed by atoms with van der Waals surface area (Å²) < 4.78 is 114. The van der Waals surface area contributed by atoms with Crippen molar-refractivity contribution in [3.8, 4) is 0 Å². The number of allylic oxidation sites excluding steroid dienone is 2. The molecule has 0 aromatic rings. The van der Waals surface area contributed by atoms with E-state index in [4.69, 9.17) is 12.5 Å². The molecule has 4 aliphatic carbocycles. The van der Waals surface area contributed by atoms with Crippen molar-refractivity contribution in [1.82, 2.24) is 0 Å². The Balaban J connectivity index is 1.72. The number of rotatable bonds is 9. The van der Waals surface area contributed by atoms with Crippen LogP contribution in [0.1, 0.15) is 79.6 Å². The highest BCUT2D eigenvalue weighted by Gasteiger charge is 2.65. The molecule has 4 aliphatic rings. The summed E-state index contributed by atoms with van der Waals surface area (Å²) in [4.78, 5) is 0. The summed E-state index contributed by atoms with van der Waals surface area (Å²) in [6.45, 7) is 10.7. The Morgan fingerprint density at radius 2 is 1.22 bits per heavy atom. The Bertz CT molecular complexity index is 1330. The van der Waals surface area contributed by atoms with Crippen LogP contribution in [0.25, 0.3) is 0 Å². The molecule has 0 aliphatic heterocycles. The van der Waals surface area contributed by atoms with Gasteiger partial charge in [-0.15, -0.1) is 0 Å². The molecule has 11 atom stereocenters. The second-order valence-electron chi connectivity index (χ2n) is 13.6. The van der Waals surface area contributed by atoms with E-state index in [-0.39, 0.29) is 36.0 Å². The number of hydrogen-bond donors (Lipinski definition) is 3. The summed E-state index contributed by atoms with van der Waals surface area (Å²) in [6.07, 6.45) is 4.00. The molecule has 0 heterocycles. The first kappa shape index (κ1) is 33.2. The van der Waals surface area contributed by atoms with Crippen molar-refractivity contribution in [1.29, 1.82) is 0 Å². The van der Waals surface area contributed by atoms with E-state index in [0.717, 1.165) is 25.7 Å². The zero-order valence-electron chi connectivity index (χ0n) is 24.1. The number of fused-ring (bicyclic) bond motifs is 5. The molecule has 4 rings (SSSR count). The predicted octanol–water partition coefficient (Wildman–Crippen LogP) is 4.28. The highest BCUT2D eigenvalue weighted by molar-refractivity contribution is 7.81. The van der Waals surface area contributed by atoms with Crippen molar-refractivity contribution in [2.75, 3.05) is 0 Å². The molecule has 4 saturated carbocycles. The molecule has 41 heavy (non-hydrogen) atoms.